The number of nitrogens with zero attached hydrogens (tertiary/aromatic N) is 6. The Hall–Kier alpha value is -5.49. The minimum Gasteiger partial charge on any atom is -0.459 e. The molecule has 0 aliphatic carbocycles. The molecule has 570 valence electrons. The standard InChI is InChI=1S/C34H58N3O13.C34H56N3O13/c2*1-12-25-34(9,42)30-19(4)26(35-37(43)44)17(2)14-33(8,46-16-23(39)15-45-30)29(20(5)27(40)21(6)31(41)49-25)50-32-28(48-22(7)38)24(36(10)11)13-18(3)47-32/h17-21,24-25,27-30,32,40,42H,12-16H2,1-11H3,(H,43,44);17-21,24-25,28-30,32,42H,12-16H2,1-11H3,(H,43,44)/q2*+1/b2*35-26+/t17-,18-,19+,20+,21-,24+,25-,27+,28-,29-,30-,32+,33-,34-;17-,18-,19+,20+,21-,24+,25-,28-,29-,30-,32+,33-,34-/m11/s1. The fourth-order valence-electron chi connectivity index (χ4n) is 15.6. The zero-order valence-electron chi connectivity index (χ0n) is 62.3. The van der Waals surface area contributed by atoms with Crippen molar-refractivity contribution < 1.29 is 126 Å². The van der Waals surface area contributed by atoms with Gasteiger partial charge in [-0.15, -0.1) is 0 Å². The van der Waals surface area contributed by atoms with Crippen LogP contribution in [-0.4, -0.2) is 267 Å². The Kier molecular flexibility index (Phi) is 30.1. The molecule has 6 fully saturated rings. The summed E-state index contributed by atoms with van der Waals surface area (Å²) in [4.78, 5) is 121. The summed E-state index contributed by atoms with van der Waals surface area (Å²) in [5.74, 6) is -12.2. The monoisotopic (exact) mass is 1430 g/mol. The van der Waals surface area contributed by atoms with Crippen molar-refractivity contribution in [3.05, 3.63) is 9.81 Å². The van der Waals surface area contributed by atoms with Crippen LogP contribution in [0.2, 0.25) is 0 Å². The van der Waals surface area contributed by atoms with Gasteiger partial charge in [0, 0.05) is 49.4 Å². The van der Waals surface area contributed by atoms with Crippen molar-refractivity contribution >= 4 is 52.7 Å². The number of hydrogen-bond donors (Lipinski definition) is 5. The molecule has 6 saturated heterocycles. The van der Waals surface area contributed by atoms with Gasteiger partial charge in [0.05, 0.1) is 82.1 Å². The summed E-state index contributed by atoms with van der Waals surface area (Å²) in [5.41, 5.74) is -6.74. The minimum atomic E-state index is -1.96. The van der Waals surface area contributed by atoms with Crippen LogP contribution in [0.25, 0.3) is 0 Å². The first kappa shape index (κ1) is 85.2. The SMILES string of the molecule is CC[C@H]1OC(=O)[C@H](C)C(=O)[C@H](C)[C@@H](O[C@@H]2O[C@H](C)C[C@H](N(C)C)[C@H]2OC(C)=O)[C@@]2(C)C[C@@H](C)/C(=N\[N+](=O)O)[C@H](C)[C@@H](OCC(=O)CO2)[C@]1(C)O.CC[C@H]1OC(=O)[C@H](C)[C@@H](O)[C@H](C)[C@@H](O[C@@H]2O[C@H](C)C[C@H](N(C)C)[C@H]2OC(C)=O)[C@@]2(C)C[C@@H](C)/C(=N\[N+](=O)O)[C@H](C)[C@@H](OCC(=O)CO2)[C@]1(C)O. The highest BCUT2D eigenvalue weighted by Crippen LogP contribution is 2.44. The second-order valence-corrected chi connectivity index (χ2v) is 29.7. The number of likely N-dealkylation sites (N-methyl/N-ethyl adjacent to an activating group) is 2. The summed E-state index contributed by atoms with van der Waals surface area (Å²) >= 11 is 0. The molecule has 6 aliphatic rings. The fraction of sp³-hybridized carbons (Fsp3) is 0.868. The Morgan fingerprint density at radius 3 is 1.30 bits per heavy atom. The number of aliphatic hydroxyl groups excluding tert-OH is 1. The maximum Gasteiger partial charge on any atom is 0.387 e. The molecule has 0 radical (unpaired) electrons. The molecule has 27 atom stereocenters. The van der Waals surface area contributed by atoms with Gasteiger partial charge < -0.3 is 82.0 Å². The van der Waals surface area contributed by atoms with Crippen LogP contribution in [0.5, 0.6) is 0 Å². The van der Waals surface area contributed by atoms with Crippen LogP contribution in [0.15, 0.2) is 10.2 Å². The second-order valence-electron chi connectivity index (χ2n) is 29.7. The summed E-state index contributed by atoms with van der Waals surface area (Å²) in [6.45, 7) is 26.5. The molecule has 0 saturated carbocycles. The first-order valence-corrected chi connectivity index (χ1v) is 34.7. The van der Waals surface area contributed by atoms with Gasteiger partial charge in [0.15, 0.2) is 42.1 Å². The molecule has 0 aromatic heterocycles. The highest BCUT2D eigenvalue weighted by atomic mass is 16.7. The van der Waals surface area contributed by atoms with Crippen molar-refractivity contribution in [2.24, 2.45) is 57.5 Å². The molecule has 5 N–H and O–H groups in total. The first-order chi connectivity index (χ1) is 46.3. The van der Waals surface area contributed by atoms with Gasteiger partial charge in [0.1, 0.15) is 77.0 Å². The van der Waals surface area contributed by atoms with Crippen LogP contribution in [-0.2, 0) is 90.4 Å². The largest absolute Gasteiger partial charge is 0.459 e. The lowest BCUT2D eigenvalue weighted by Crippen LogP contribution is -2.61. The molecule has 0 aromatic carbocycles. The highest BCUT2D eigenvalue weighted by molar-refractivity contribution is 6.00. The summed E-state index contributed by atoms with van der Waals surface area (Å²) in [6.07, 6.45) is -12.5. The number of carbonyl (C=O) groups is 7. The molecular weight excluding hydrogens is 1320 g/mol. The van der Waals surface area contributed by atoms with E-state index in [1.165, 1.54) is 41.5 Å². The van der Waals surface area contributed by atoms with E-state index in [9.17, 15) is 69.1 Å². The van der Waals surface area contributed by atoms with E-state index in [1.54, 1.807) is 69.2 Å². The van der Waals surface area contributed by atoms with Gasteiger partial charge in [0.2, 0.25) is 0 Å². The van der Waals surface area contributed by atoms with Gasteiger partial charge in [-0.25, -0.2) is 10.4 Å². The molecule has 32 heteroatoms. The number of esters is 4. The van der Waals surface area contributed by atoms with Crippen LogP contribution >= 0.6 is 0 Å². The van der Waals surface area contributed by atoms with Crippen LogP contribution in [0.3, 0.4) is 0 Å². The van der Waals surface area contributed by atoms with Crippen molar-refractivity contribution in [3.8, 4) is 0 Å². The lowest BCUT2D eigenvalue weighted by Gasteiger charge is -2.49. The number of hydrazone groups is 2. The Bertz CT molecular complexity index is 2950. The Balaban J connectivity index is 0.000000361. The number of fused-ring (bicyclic) bond motifs is 10. The fourth-order valence-corrected chi connectivity index (χ4v) is 15.6. The van der Waals surface area contributed by atoms with Crippen molar-refractivity contribution in [1.82, 2.24) is 9.80 Å². The number of rotatable bonds is 12. The van der Waals surface area contributed by atoms with Crippen molar-refractivity contribution in [2.75, 3.05) is 54.6 Å². The number of cyclic esters (lactones) is 2. The van der Waals surface area contributed by atoms with Gasteiger partial charge in [0.25, 0.3) is 0 Å². The van der Waals surface area contributed by atoms with Gasteiger partial charge in [-0.1, -0.05) is 55.4 Å². The molecule has 32 nitrogen and oxygen atoms in total. The topological polar surface area (TPSA) is 403 Å². The minimum absolute atomic E-state index is 0.00152. The highest BCUT2D eigenvalue weighted by Gasteiger charge is 2.57. The first-order valence-electron chi connectivity index (χ1n) is 34.7. The Labute approximate surface area is 586 Å². The number of aliphatic hydroxyl groups is 3. The summed E-state index contributed by atoms with van der Waals surface area (Å²) < 4.78 is 74.0. The molecule has 0 spiro atoms. The van der Waals surface area contributed by atoms with Gasteiger partial charge in [-0.2, -0.15) is 0 Å². The number of carbonyl (C=O) groups excluding carboxylic acids is 7. The summed E-state index contributed by atoms with van der Waals surface area (Å²) in [5, 5.41) is 62.0. The maximum atomic E-state index is 14.2. The average molecular weight is 1430 g/mol. The average Bonchev–Trinajstić information content (AvgIpc) is 1.10. The molecule has 6 aliphatic heterocycles. The lowest BCUT2D eigenvalue weighted by molar-refractivity contribution is -0.796. The summed E-state index contributed by atoms with van der Waals surface area (Å²) in [6, 6.07) is -0.657. The second kappa shape index (κ2) is 35.3. The molecule has 6 rings (SSSR count). The molecule has 0 amide bonds. The molecule has 100 heavy (non-hydrogen) atoms. The summed E-state index contributed by atoms with van der Waals surface area (Å²) in [7, 11) is 7.35. The number of Topliss-reactive ketones (excluding diaryl/α,β-unsaturated/α-hetero) is 3. The van der Waals surface area contributed by atoms with E-state index in [0.717, 1.165) is 0 Å². The van der Waals surface area contributed by atoms with E-state index in [2.05, 4.69) is 10.2 Å². The van der Waals surface area contributed by atoms with Crippen molar-refractivity contribution in [2.45, 2.75) is 277 Å². The quantitative estimate of drug-likeness (QED) is 0.0789. The van der Waals surface area contributed by atoms with E-state index < -0.39 is 215 Å². The Morgan fingerprint density at radius 2 is 0.940 bits per heavy atom. The number of ketones is 3. The van der Waals surface area contributed by atoms with Gasteiger partial charge in [-0.3, -0.25) is 33.6 Å². The van der Waals surface area contributed by atoms with Crippen LogP contribution in [0.1, 0.15) is 163 Å². The zero-order chi connectivity index (χ0) is 75.8. The van der Waals surface area contributed by atoms with Crippen LogP contribution in [0.4, 0.5) is 0 Å². The third-order valence-corrected chi connectivity index (χ3v) is 20.8. The smallest absolute Gasteiger partial charge is 0.387 e. The van der Waals surface area contributed by atoms with Crippen LogP contribution in [0, 0.1) is 57.2 Å². The van der Waals surface area contributed by atoms with Gasteiger partial charge in [-0.05, 0) is 122 Å². The van der Waals surface area contributed by atoms with E-state index >= 15 is 0 Å². The normalized spacial score (nSPS) is 42.6. The zero-order valence-corrected chi connectivity index (χ0v) is 62.3. The molecule has 6 heterocycles. The lowest BCUT2D eigenvalue weighted by atomic mass is 9.73. The van der Waals surface area contributed by atoms with Crippen LogP contribution < -0.4 is 0 Å². The van der Waals surface area contributed by atoms with Crippen molar-refractivity contribution in [3.63, 3.8) is 0 Å². The van der Waals surface area contributed by atoms with E-state index in [4.69, 9.17) is 56.8 Å². The Morgan fingerprint density at radius 1 is 0.570 bits per heavy atom. The molecule has 0 unspecified atom stereocenters. The number of hydrogen-bond acceptors (Lipinski definition) is 26. The third kappa shape index (κ3) is 20.5. The van der Waals surface area contributed by atoms with E-state index in [-0.39, 0.29) is 61.4 Å². The number of ether oxygens (including phenoxy) is 12. The molecule has 0 aromatic rings. The maximum absolute atomic E-state index is 14.2. The van der Waals surface area contributed by atoms with E-state index in [0.29, 0.717) is 12.8 Å². The van der Waals surface area contributed by atoms with E-state index in [1.807, 2.05) is 51.8 Å². The third-order valence-electron chi connectivity index (χ3n) is 20.8. The molecular formula is C68H114N6O26+2. The van der Waals surface area contributed by atoms with Gasteiger partial charge >= 0.3 is 33.9 Å². The predicted molar refractivity (Wildman–Crippen MR) is 353 cm³/mol. The predicted octanol–water partition coefficient (Wildman–Crippen LogP) is 4.24. The molecule has 4 bridgehead atoms. The van der Waals surface area contributed by atoms with Crippen molar-refractivity contribution in [1.29, 1.82) is 0 Å².